The molecule has 0 saturated heterocycles. The SMILES string of the molecule is COc1cc(OC)cc(C(=O)NCCn2ncc3c(NCCc4ccccc4)ncnc32)c1. The fourth-order valence-corrected chi connectivity index (χ4v) is 3.48. The molecule has 0 fully saturated rings. The Balaban J connectivity index is 1.36. The normalized spacial score (nSPS) is 10.7. The van der Waals surface area contributed by atoms with E-state index in [1.165, 1.54) is 11.9 Å². The van der Waals surface area contributed by atoms with Crippen LogP contribution >= 0.6 is 0 Å². The molecule has 2 heterocycles. The topological polar surface area (TPSA) is 103 Å². The first-order valence-corrected chi connectivity index (χ1v) is 10.6. The minimum atomic E-state index is -0.221. The Morgan fingerprint density at radius 3 is 2.48 bits per heavy atom. The van der Waals surface area contributed by atoms with E-state index in [9.17, 15) is 4.79 Å². The molecule has 4 rings (SSSR count). The van der Waals surface area contributed by atoms with E-state index in [4.69, 9.17) is 9.47 Å². The molecule has 2 aromatic carbocycles. The zero-order chi connectivity index (χ0) is 23.0. The number of aromatic nitrogens is 4. The third-order valence-corrected chi connectivity index (χ3v) is 5.21. The molecule has 170 valence electrons. The summed E-state index contributed by atoms with van der Waals surface area (Å²) in [4.78, 5) is 21.3. The lowest BCUT2D eigenvalue weighted by Gasteiger charge is -2.10. The van der Waals surface area contributed by atoms with E-state index in [0.717, 1.165) is 24.2 Å². The maximum Gasteiger partial charge on any atom is 0.251 e. The molecule has 4 aromatic rings. The summed E-state index contributed by atoms with van der Waals surface area (Å²) < 4.78 is 12.2. The van der Waals surface area contributed by atoms with Crippen LogP contribution in [-0.2, 0) is 13.0 Å². The third-order valence-electron chi connectivity index (χ3n) is 5.21. The first-order chi connectivity index (χ1) is 16.2. The zero-order valence-electron chi connectivity index (χ0n) is 18.6. The predicted octanol–water partition coefficient (Wildman–Crippen LogP) is 2.93. The van der Waals surface area contributed by atoms with Crippen molar-refractivity contribution in [1.29, 1.82) is 0 Å². The molecule has 0 aliphatic rings. The van der Waals surface area contributed by atoms with E-state index >= 15 is 0 Å². The number of carbonyl (C=O) groups excluding carboxylic acids is 1. The first kappa shape index (κ1) is 22.1. The molecule has 2 N–H and O–H groups in total. The second-order valence-electron chi connectivity index (χ2n) is 7.35. The first-order valence-electron chi connectivity index (χ1n) is 10.6. The van der Waals surface area contributed by atoms with Crippen molar-refractivity contribution in [1.82, 2.24) is 25.1 Å². The van der Waals surface area contributed by atoms with E-state index in [-0.39, 0.29) is 5.91 Å². The summed E-state index contributed by atoms with van der Waals surface area (Å²) in [6.07, 6.45) is 4.16. The van der Waals surface area contributed by atoms with Gasteiger partial charge in [0.05, 0.1) is 32.3 Å². The highest BCUT2D eigenvalue weighted by Crippen LogP contribution is 2.22. The predicted molar refractivity (Wildman–Crippen MR) is 126 cm³/mol. The van der Waals surface area contributed by atoms with Crippen molar-refractivity contribution in [3.8, 4) is 11.5 Å². The maximum atomic E-state index is 12.6. The summed E-state index contributed by atoms with van der Waals surface area (Å²) in [5.74, 6) is 1.64. The highest BCUT2D eigenvalue weighted by molar-refractivity contribution is 5.95. The van der Waals surface area contributed by atoms with Crippen LogP contribution < -0.4 is 20.1 Å². The molecule has 0 bridgehead atoms. The summed E-state index contributed by atoms with van der Waals surface area (Å²) in [6, 6.07) is 15.3. The number of anilines is 1. The summed E-state index contributed by atoms with van der Waals surface area (Å²) in [5.41, 5.74) is 2.43. The van der Waals surface area contributed by atoms with Crippen molar-refractivity contribution in [2.24, 2.45) is 0 Å². The molecule has 0 aliphatic heterocycles. The third kappa shape index (κ3) is 5.38. The van der Waals surface area contributed by atoms with Crippen molar-refractivity contribution in [2.45, 2.75) is 13.0 Å². The van der Waals surface area contributed by atoms with E-state index < -0.39 is 0 Å². The summed E-state index contributed by atoms with van der Waals surface area (Å²) in [5, 5.41) is 11.5. The van der Waals surface area contributed by atoms with Crippen molar-refractivity contribution < 1.29 is 14.3 Å². The lowest BCUT2D eigenvalue weighted by Crippen LogP contribution is -2.27. The number of nitrogens with one attached hydrogen (secondary N) is 2. The van der Waals surface area contributed by atoms with Crippen LogP contribution in [0.1, 0.15) is 15.9 Å². The number of rotatable bonds is 10. The Hall–Kier alpha value is -4.14. The van der Waals surface area contributed by atoms with E-state index in [2.05, 4.69) is 37.8 Å². The maximum absolute atomic E-state index is 12.6. The van der Waals surface area contributed by atoms with Crippen LogP contribution in [-0.4, -0.2) is 53.0 Å². The van der Waals surface area contributed by atoms with Gasteiger partial charge in [0.15, 0.2) is 5.65 Å². The van der Waals surface area contributed by atoms with Gasteiger partial charge >= 0.3 is 0 Å². The number of benzene rings is 2. The molecule has 33 heavy (non-hydrogen) atoms. The van der Waals surface area contributed by atoms with E-state index in [1.54, 1.807) is 43.3 Å². The monoisotopic (exact) mass is 446 g/mol. The second kappa shape index (κ2) is 10.4. The van der Waals surface area contributed by atoms with Gasteiger partial charge in [-0.25, -0.2) is 14.6 Å². The minimum Gasteiger partial charge on any atom is -0.497 e. The van der Waals surface area contributed by atoms with Crippen LogP contribution in [0.5, 0.6) is 11.5 Å². The Morgan fingerprint density at radius 1 is 1.00 bits per heavy atom. The highest BCUT2D eigenvalue weighted by Gasteiger charge is 2.12. The van der Waals surface area contributed by atoms with E-state index in [0.29, 0.717) is 35.8 Å². The van der Waals surface area contributed by atoms with Crippen LogP contribution in [0.25, 0.3) is 11.0 Å². The van der Waals surface area contributed by atoms with E-state index in [1.807, 2.05) is 18.2 Å². The number of fused-ring (bicyclic) bond motifs is 1. The van der Waals surface area contributed by atoms with Gasteiger partial charge in [-0.15, -0.1) is 0 Å². The van der Waals surface area contributed by atoms with Gasteiger partial charge < -0.3 is 20.1 Å². The Morgan fingerprint density at radius 2 is 1.76 bits per heavy atom. The fourth-order valence-electron chi connectivity index (χ4n) is 3.48. The molecule has 0 aliphatic carbocycles. The number of nitrogens with zero attached hydrogens (tertiary/aromatic N) is 4. The number of methoxy groups -OCH3 is 2. The summed E-state index contributed by atoms with van der Waals surface area (Å²) in [7, 11) is 3.10. The highest BCUT2D eigenvalue weighted by atomic mass is 16.5. The van der Waals surface area contributed by atoms with Crippen LogP contribution in [0.2, 0.25) is 0 Å². The molecule has 9 heteroatoms. The lowest BCUT2D eigenvalue weighted by atomic mass is 10.1. The Bertz CT molecular complexity index is 1200. The fraction of sp³-hybridized carbons (Fsp3) is 0.250. The summed E-state index contributed by atoms with van der Waals surface area (Å²) >= 11 is 0. The average Bonchev–Trinajstić information content (AvgIpc) is 3.28. The molecule has 0 unspecified atom stereocenters. The van der Waals surface area contributed by atoms with Crippen LogP contribution in [0.3, 0.4) is 0 Å². The minimum absolute atomic E-state index is 0.221. The van der Waals surface area contributed by atoms with Crippen LogP contribution in [0.15, 0.2) is 61.1 Å². The number of hydrogen-bond acceptors (Lipinski definition) is 7. The van der Waals surface area contributed by atoms with Gasteiger partial charge in [0.2, 0.25) is 0 Å². The number of amides is 1. The zero-order valence-corrected chi connectivity index (χ0v) is 18.6. The lowest BCUT2D eigenvalue weighted by molar-refractivity contribution is 0.0951. The molecule has 1 amide bonds. The molecule has 0 radical (unpaired) electrons. The van der Waals surface area contributed by atoms with Crippen molar-refractivity contribution >= 4 is 22.8 Å². The van der Waals surface area contributed by atoms with Gasteiger partial charge in [0.1, 0.15) is 23.6 Å². The Kier molecular flexibility index (Phi) is 6.99. The molecule has 0 spiro atoms. The van der Waals surface area contributed by atoms with Gasteiger partial charge in [-0.1, -0.05) is 30.3 Å². The van der Waals surface area contributed by atoms with Gasteiger partial charge in [-0.05, 0) is 24.1 Å². The van der Waals surface area contributed by atoms with Gasteiger partial charge in [-0.2, -0.15) is 5.10 Å². The second-order valence-corrected chi connectivity index (χ2v) is 7.35. The van der Waals surface area contributed by atoms with Crippen LogP contribution in [0, 0.1) is 0 Å². The van der Waals surface area contributed by atoms with Crippen molar-refractivity contribution in [2.75, 3.05) is 32.6 Å². The number of ether oxygens (including phenoxy) is 2. The summed E-state index contributed by atoms with van der Waals surface area (Å²) in [6.45, 7) is 1.61. The van der Waals surface area contributed by atoms with Gasteiger partial charge in [0.25, 0.3) is 5.91 Å². The molecular formula is C24H26N6O3. The van der Waals surface area contributed by atoms with Gasteiger partial charge in [0, 0.05) is 24.7 Å². The number of carbonyl (C=O) groups is 1. The number of hydrogen-bond donors (Lipinski definition) is 2. The van der Waals surface area contributed by atoms with Crippen LogP contribution in [0.4, 0.5) is 5.82 Å². The molecule has 2 aromatic heterocycles. The average molecular weight is 447 g/mol. The Labute approximate surface area is 191 Å². The molecule has 0 saturated carbocycles. The largest absolute Gasteiger partial charge is 0.497 e. The molecular weight excluding hydrogens is 420 g/mol. The quantitative estimate of drug-likeness (QED) is 0.386. The van der Waals surface area contributed by atoms with Gasteiger partial charge in [-0.3, -0.25) is 4.79 Å². The van der Waals surface area contributed by atoms with Crippen molar-refractivity contribution in [3.63, 3.8) is 0 Å². The smallest absolute Gasteiger partial charge is 0.251 e. The van der Waals surface area contributed by atoms with Crippen molar-refractivity contribution in [3.05, 3.63) is 72.2 Å². The molecule has 9 nitrogen and oxygen atoms in total. The molecule has 0 atom stereocenters. The standard InChI is InChI=1S/C24H26N6O3/c1-32-19-12-18(13-20(14-19)33-2)24(31)26-10-11-30-23-21(15-29-30)22(27-16-28-23)25-9-8-17-6-4-3-5-7-17/h3-7,12-16H,8-11H2,1-2H3,(H,26,31)(H,25,27,28).